The van der Waals surface area contributed by atoms with Crippen LogP contribution in [0.3, 0.4) is 0 Å². The monoisotopic (exact) mass is 676 g/mol. The molecule has 4 aromatic carbocycles. The van der Waals surface area contributed by atoms with Gasteiger partial charge >= 0.3 is 11.1 Å². The molecule has 1 aliphatic rings. The van der Waals surface area contributed by atoms with Crippen molar-refractivity contribution in [2.45, 2.75) is 75.2 Å². The molecule has 5 nitrogen and oxygen atoms in total. The fourth-order valence-corrected chi connectivity index (χ4v) is 16.3. The molecule has 242 valence electrons. The Morgan fingerprint density at radius 2 is 0.957 bits per heavy atom. The largest absolute Gasteiger partial charge is 0.430 e. The lowest BCUT2D eigenvalue weighted by Gasteiger charge is -2.51. The van der Waals surface area contributed by atoms with Crippen molar-refractivity contribution in [1.29, 1.82) is 0 Å². The zero-order valence-corrected chi connectivity index (χ0v) is 29.9. The van der Waals surface area contributed by atoms with E-state index in [1.54, 1.807) is 0 Å². The van der Waals surface area contributed by atoms with Gasteiger partial charge in [-0.15, -0.1) is 0 Å². The Morgan fingerprint density at radius 1 is 0.652 bits per heavy atom. The first kappa shape index (κ1) is 34.2. The molecule has 4 atom stereocenters. The number of hydrogen-bond acceptors (Lipinski definition) is 5. The van der Waals surface area contributed by atoms with E-state index in [4.69, 9.17) is 25.2 Å². The van der Waals surface area contributed by atoms with Crippen molar-refractivity contribution < 1.29 is 27.9 Å². The minimum Gasteiger partial charge on any atom is -0.430 e. The molecule has 1 heterocycles. The number of cyclic esters (lactones) is 1. The van der Waals surface area contributed by atoms with Gasteiger partial charge in [-0.2, -0.15) is 0 Å². The molecule has 5 rings (SSSR count). The van der Waals surface area contributed by atoms with Gasteiger partial charge in [-0.1, -0.05) is 174 Å². The molecule has 0 amide bonds. The molecule has 1 N–H and O–H groups in total. The third-order valence-corrected chi connectivity index (χ3v) is 19.2. The Morgan fingerprint density at radius 3 is 1.26 bits per heavy atom. The summed E-state index contributed by atoms with van der Waals surface area (Å²) in [6.07, 6.45) is -5.14. The van der Waals surface area contributed by atoms with Crippen molar-refractivity contribution in [3.8, 4) is 0 Å². The molecular weight excluding hydrogens is 635 g/mol. The average molecular weight is 677 g/mol. The molecule has 4 aromatic rings. The summed E-state index contributed by atoms with van der Waals surface area (Å²) in [6, 6.07) is 38.7. The van der Waals surface area contributed by atoms with Gasteiger partial charge in [-0.3, -0.25) is 0 Å². The summed E-state index contributed by atoms with van der Waals surface area (Å²) in [7, 11) is -6.84. The zero-order chi connectivity index (χ0) is 33.4. The number of rotatable bonds is 8. The van der Waals surface area contributed by atoms with Crippen molar-refractivity contribution in [2.24, 2.45) is 0 Å². The lowest BCUT2D eigenvalue weighted by atomic mass is 10.1. The predicted molar refractivity (Wildman–Crippen MR) is 187 cm³/mol. The van der Waals surface area contributed by atoms with E-state index >= 15 is 4.39 Å². The lowest BCUT2D eigenvalue weighted by Crippen LogP contribution is -2.74. The first-order valence-corrected chi connectivity index (χ1v) is 19.7. The third-order valence-electron chi connectivity index (χ3n) is 8.87. The number of carbonyl (C=O) groups is 1. The van der Waals surface area contributed by atoms with Crippen LogP contribution in [0.5, 0.6) is 0 Å². The molecule has 0 radical (unpaired) electrons. The second kappa shape index (κ2) is 12.8. The van der Waals surface area contributed by atoms with Crippen LogP contribution in [-0.2, 0) is 18.4 Å². The van der Waals surface area contributed by atoms with Crippen LogP contribution in [0, 0.1) is 0 Å². The summed E-state index contributed by atoms with van der Waals surface area (Å²) >= 11 is 6.43. The predicted octanol–water partition coefficient (Wildman–Crippen LogP) is 5.66. The maximum absolute atomic E-state index is 16.6. The van der Waals surface area contributed by atoms with E-state index in [0.717, 1.165) is 20.7 Å². The van der Waals surface area contributed by atoms with Gasteiger partial charge in [0.25, 0.3) is 16.6 Å². The van der Waals surface area contributed by atoms with Crippen molar-refractivity contribution >= 4 is 55.0 Å². The zero-order valence-electron chi connectivity index (χ0n) is 27.1. The van der Waals surface area contributed by atoms with Gasteiger partial charge in [0, 0.05) is 0 Å². The number of benzene rings is 4. The molecule has 0 aromatic heterocycles. The molecule has 0 aliphatic carbocycles. The van der Waals surface area contributed by atoms with E-state index in [-0.39, 0.29) is 0 Å². The highest BCUT2D eigenvalue weighted by Gasteiger charge is 2.65. The smallest absolute Gasteiger partial charge is 0.365 e. The van der Waals surface area contributed by atoms with Crippen LogP contribution >= 0.6 is 11.6 Å². The molecule has 1 fully saturated rings. The standard InChI is InChI=1S/C37H42ClFO5Si2/c1-35(2,3)45(27-19-11-7-12-20-27,28-21-13-8-14-22-28)43-32-31(40)33(42-34(41)37(32,38)39)44-46(36(4,5)6,29-23-15-9-16-24-29)30-25-17-10-18-26-30/h7-26,31-33,40H,1-6H3/t31-,32+,33?,37-/m0/s1. The van der Waals surface area contributed by atoms with Crippen molar-refractivity contribution in [2.75, 3.05) is 0 Å². The van der Waals surface area contributed by atoms with Gasteiger partial charge in [0.05, 0.1) is 0 Å². The summed E-state index contributed by atoms with van der Waals surface area (Å²) in [5.41, 5.74) is 0. The van der Waals surface area contributed by atoms with E-state index in [2.05, 4.69) is 20.8 Å². The Labute approximate surface area is 278 Å². The van der Waals surface area contributed by atoms with Gasteiger partial charge in [0.1, 0.15) is 12.2 Å². The van der Waals surface area contributed by atoms with E-state index in [1.807, 2.05) is 142 Å². The third kappa shape index (κ3) is 5.91. The second-order valence-corrected chi connectivity index (χ2v) is 22.9. The fourth-order valence-electron chi connectivity index (χ4n) is 6.71. The fraction of sp³-hybridized carbons (Fsp3) is 0.324. The molecule has 46 heavy (non-hydrogen) atoms. The maximum atomic E-state index is 16.6. The highest BCUT2D eigenvalue weighted by molar-refractivity contribution is 7.00. The van der Waals surface area contributed by atoms with E-state index < -0.39 is 56.3 Å². The van der Waals surface area contributed by atoms with Crippen LogP contribution in [0.15, 0.2) is 121 Å². The van der Waals surface area contributed by atoms with Gasteiger partial charge in [-0.25, -0.2) is 9.18 Å². The summed E-state index contributed by atoms with van der Waals surface area (Å²) in [4.78, 5) is 13.5. The lowest BCUT2D eigenvalue weighted by molar-refractivity contribution is -0.232. The number of carbonyl (C=O) groups excluding carboxylic acids is 1. The topological polar surface area (TPSA) is 65.0 Å². The van der Waals surface area contributed by atoms with Gasteiger partial charge in [-0.05, 0) is 30.8 Å². The first-order chi connectivity index (χ1) is 21.7. The summed E-state index contributed by atoms with van der Waals surface area (Å²) < 4.78 is 36.2. The Bertz CT molecular complexity index is 1530. The van der Waals surface area contributed by atoms with Gasteiger partial charge in [0.15, 0.2) is 0 Å². The SMILES string of the molecule is CC(C)(C)[Si](OC1OC(=O)[C@](F)(Cl)[C@H](O[Si](c2ccccc2)(c2ccccc2)C(C)(C)C)[C@@H]1O)(c1ccccc1)c1ccccc1. The minimum atomic E-state index is -3.49. The van der Waals surface area contributed by atoms with Crippen molar-refractivity contribution in [1.82, 2.24) is 0 Å². The quantitative estimate of drug-likeness (QED) is 0.148. The number of esters is 1. The van der Waals surface area contributed by atoms with Crippen LogP contribution in [0.4, 0.5) is 4.39 Å². The number of aliphatic hydroxyl groups excluding tert-OH is 1. The number of aliphatic hydroxyl groups is 1. The number of halogens is 2. The Hall–Kier alpha value is -3.12. The summed E-state index contributed by atoms with van der Waals surface area (Å²) in [5, 5.41) is 11.3. The second-order valence-electron chi connectivity index (χ2n) is 13.9. The Kier molecular flexibility index (Phi) is 9.54. The van der Waals surface area contributed by atoms with E-state index in [9.17, 15) is 9.90 Å². The molecule has 1 aliphatic heterocycles. The van der Waals surface area contributed by atoms with Crippen LogP contribution in [0.25, 0.3) is 0 Å². The first-order valence-electron chi connectivity index (χ1n) is 15.5. The summed E-state index contributed by atoms with van der Waals surface area (Å²) in [6.45, 7) is 12.3. The van der Waals surface area contributed by atoms with Crippen LogP contribution in [0.2, 0.25) is 10.1 Å². The molecule has 0 bridgehead atoms. The minimum absolute atomic E-state index is 0.513. The van der Waals surface area contributed by atoms with Crippen molar-refractivity contribution in [3.63, 3.8) is 0 Å². The van der Waals surface area contributed by atoms with Crippen molar-refractivity contribution in [3.05, 3.63) is 121 Å². The van der Waals surface area contributed by atoms with E-state index in [1.165, 1.54) is 0 Å². The average Bonchev–Trinajstić information content (AvgIpc) is 3.03. The maximum Gasteiger partial charge on any atom is 0.365 e. The van der Waals surface area contributed by atoms with Gasteiger partial charge < -0.3 is 18.7 Å². The highest BCUT2D eigenvalue weighted by Crippen LogP contribution is 2.45. The van der Waals surface area contributed by atoms with Gasteiger partial charge in [0.2, 0.25) is 6.29 Å². The molecule has 0 spiro atoms. The van der Waals surface area contributed by atoms with Crippen LogP contribution in [-0.4, -0.2) is 51.3 Å². The normalized spacial score (nSPS) is 22.7. The molecule has 9 heteroatoms. The highest BCUT2D eigenvalue weighted by atomic mass is 35.5. The van der Waals surface area contributed by atoms with E-state index in [0.29, 0.717) is 0 Å². The molecular formula is C37H42ClFO5Si2. The molecule has 1 saturated heterocycles. The van der Waals surface area contributed by atoms with Crippen LogP contribution < -0.4 is 20.7 Å². The molecule has 0 saturated carbocycles. The number of ether oxygens (including phenoxy) is 1. The van der Waals surface area contributed by atoms with Crippen LogP contribution in [0.1, 0.15) is 41.5 Å². The number of alkyl halides is 2. The number of hydrogen-bond donors (Lipinski definition) is 1. The Balaban J connectivity index is 1.68. The summed E-state index contributed by atoms with van der Waals surface area (Å²) in [5.74, 6) is -1.36. The molecule has 1 unspecified atom stereocenters.